The van der Waals surface area contributed by atoms with Gasteiger partial charge in [0.05, 0.1) is 10.0 Å². The zero-order valence-corrected chi connectivity index (χ0v) is 14.8. The van der Waals surface area contributed by atoms with Crippen molar-refractivity contribution in [2.45, 2.75) is 6.92 Å². The average Bonchev–Trinajstić information content (AvgIpc) is 2.58. The van der Waals surface area contributed by atoms with Crippen molar-refractivity contribution in [1.29, 1.82) is 0 Å². The lowest BCUT2D eigenvalue weighted by Crippen LogP contribution is -2.15. The number of nitrogens with zero attached hydrogens (tertiary/aromatic N) is 2. The molecule has 0 atom stereocenters. The summed E-state index contributed by atoms with van der Waals surface area (Å²) in [7, 11) is 0. The number of carbonyl (C=O) groups is 1. The highest BCUT2D eigenvalue weighted by molar-refractivity contribution is 6.42. The van der Waals surface area contributed by atoms with E-state index in [2.05, 4.69) is 20.6 Å². The minimum Gasteiger partial charge on any atom is -0.340 e. The molecule has 1 amide bonds. The first-order chi connectivity index (χ1) is 12.0. The first-order valence-electron chi connectivity index (χ1n) is 7.45. The van der Waals surface area contributed by atoms with Crippen molar-refractivity contribution in [2.75, 3.05) is 10.6 Å². The van der Waals surface area contributed by atoms with Crippen LogP contribution in [-0.4, -0.2) is 15.9 Å². The first kappa shape index (κ1) is 17.2. The molecule has 1 aromatic heterocycles. The number of para-hydroxylation sites is 1. The van der Waals surface area contributed by atoms with Gasteiger partial charge < -0.3 is 10.6 Å². The lowest BCUT2D eigenvalue weighted by Gasteiger charge is -2.10. The van der Waals surface area contributed by atoms with Crippen molar-refractivity contribution < 1.29 is 4.79 Å². The maximum Gasteiger partial charge on any atom is 0.274 e. The summed E-state index contributed by atoms with van der Waals surface area (Å²) in [6.45, 7) is 1.72. The summed E-state index contributed by atoms with van der Waals surface area (Å²) in [4.78, 5) is 20.9. The Morgan fingerprint density at radius 2 is 1.68 bits per heavy atom. The maximum atomic E-state index is 12.4. The fraction of sp³-hybridized carbons (Fsp3) is 0.0556. The molecule has 0 fully saturated rings. The van der Waals surface area contributed by atoms with E-state index in [1.54, 1.807) is 43.3 Å². The van der Waals surface area contributed by atoms with Crippen molar-refractivity contribution in [3.8, 4) is 0 Å². The molecule has 1 heterocycles. The number of anilines is 3. The Hall–Kier alpha value is -2.63. The molecule has 0 spiro atoms. The van der Waals surface area contributed by atoms with E-state index >= 15 is 0 Å². The van der Waals surface area contributed by atoms with Gasteiger partial charge in [-0.15, -0.1) is 0 Å². The van der Waals surface area contributed by atoms with Gasteiger partial charge in [-0.1, -0.05) is 41.4 Å². The van der Waals surface area contributed by atoms with Gasteiger partial charge in [0, 0.05) is 17.4 Å². The van der Waals surface area contributed by atoms with Crippen molar-refractivity contribution in [3.63, 3.8) is 0 Å². The summed E-state index contributed by atoms with van der Waals surface area (Å²) in [6, 6.07) is 15.9. The van der Waals surface area contributed by atoms with Crippen molar-refractivity contribution in [3.05, 3.63) is 76.2 Å². The molecule has 25 heavy (non-hydrogen) atoms. The maximum absolute atomic E-state index is 12.4. The van der Waals surface area contributed by atoms with Crippen LogP contribution in [0.2, 0.25) is 10.0 Å². The molecule has 3 rings (SSSR count). The van der Waals surface area contributed by atoms with Crippen LogP contribution in [0.3, 0.4) is 0 Å². The molecule has 0 unspecified atom stereocenters. The molecule has 3 aromatic rings. The van der Waals surface area contributed by atoms with E-state index in [4.69, 9.17) is 23.2 Å². The van der Waals surface area contributed by atoms with E-state index in [1.807, 2.05) is 18.2 Å². The average molecular weight is 373 g/mol. The first-order valence-corrected chi connectivity index (χ1v) is 8.21. The number of hydrogen-bond donors (Lipinski definition) is 2. The second-order valence-electron chi connectivity index (χ2n) is 5.26. The van der Waals surface area contributed by atoms with Gasteiger partial charge in [0.1, 0.15) is 17.3 Å². The van der Waals surface area contributed by atoms with Crippen molar-refractivity contribution in [1.82, 2.24) is 9.97 Å². The predicted octanol–water partition coefficient (Wildman–Crippen LogP) is 5.09. The molecule has 2 N–H and O–H groups in total. The van der Waals surface area contributed by atoms with E-state index in [1.165, 1.54) is 0 Å². The van der Waals surface area contributed by atoms with Crippen LogP contribution in [0, 0.1) is 6.92 Å². The highest BCUT2D eigenvalue weighted by atomic mass is 35.5. The number of rotatable bonds is 4. The molecule has 0 aliphatic carbocycles. The van der Waals surface area contributed by atoms with Gasteiger partial charge in [-0.2, -0.15) is 0 Å². The summed E-state index contributed by atoms with van der Waals surface area (Å²) >= 11 is 11.9. The second kappa shape index (κ2) is 7.51. The number of hydrogen-bond acceptors (Lipinski definition) is 4. The minimum atomic E-state index is -0.311. The summed E-state index contributed by atoms with van der Waals surface area (Å²) in [5.74, 6) is 0.654. The summed E-state index contributed by atoms with van der Waals surface area (Å²) < 4.78 is 0. The molecule has 2 aromatic carbocycles. The largest absolute Gasteiger partial charge is 0.340 e. The molecule has 0 saturated heterocycles. The smallest absolute Gasteiger partial charge is 0.274 e. The number of aryl methyl sites for hydroxylation is 1. The zero-order valence-electron chi connectivity index (χ0n) is 13.3. The molecular weight excluding hydrogens is 359 g/mol. The lowest BCUT2D eigenvalue weighted by atomic mass is 10.3. The molecule has 0 aliphatic heterocycles. The van der Waals surface area contributed by atoms with E-state index < -0.39 is 0 Å². The standard InChI is InChI=1S/C18H14Cl2N4O/c1-11-21-16(18(25)24-12-5-3-2-4-6-12)10-17(22-11)23-13-7-8-14(19)15(20)9-13/h2-10H,1H3,(H,24,25)(H,21,22,23). The van der Waals surface area contributed by atoms with Gasteiger partial charge in [-0.05, 0) is 37.3 Å². The number of benzene rings is 2. The number of halogens is 2. The third-order valence-corrected chi connectivity index (χ3v) is 4.03. The van der Waals surface area contributed by atoms with Crippen LogP contribution < -0.4 is 10.6 Å². The highest BCUT2D eigenvalue weighted by Crippen LogP contribution is 2.26. The van der Waals surface area contributed by atoms with Crippen LogP contribution in [0.25, 0.3) is 0 Å². The quantitative estimate of drug-likeness (QED) is 0.669. The fourth-order valence-electron chi connectivity index (χ4n) is 2.19. The van der Waals surface area contributed by atoms with Gasteiger partial charge in [0.25, 0.3) is 5.91 Å². The Morgan fingerprint density at radius 1 is 0.920 bits per heavy atom. The predicted molar refractivity (Wildman–Crippen MR) is 101 cm³/mol. The second-order valence-corrected chi connectivity index (χ2v) is 6.07. The van der Waals surface area contributed by atoms with E-state index in [0.717, 1.165) is 0 Å². The van der Waals surface area contributed by atoms with Crippen LogP contribution in [0.5, 0.6) is 0 Å². The number of aromatic nitrogens is 2. The van der Waals surface area contributed by atoms with Gasteiger partial charge in [0.2, 0.25) is 0 Å². The molecule has 0 bridgehead atoms. The van der Waals surface area contributed by atoms with Crippen LogP contribution in [0.1, 0.15) is 16.3 Å². The summed E-state index contributed by atoms with van der Waals surface area (Å²) in [5.41, 5.74) is 1.67. The third kappa shape index (κ3) is 4.47. The topological polar surface area (TPSA) is 66.9 Å². The molecule has 0 radical (unpaired) electrons. The van der Waals surface area contributed by atoms with Crippen LogP contribution >= 0.6 is 23.2 Å². The Bertz CT molecular complexity index is 916. The van der Waals surface area contributed by atoms with E-state index in [0.29, 0.717) is 33.1 Å². The zero-order chi connectivity index (χ0) is 17.8. The molecule has 7 heteroatoms. The highest BCUT2D eigenvalue weighted by Gasteiger charge is 2.11. The molecule has 0 aliphatic rings. The molecule has 5 nitrogen and oxygen atoms in total. The Labute approximate surface area is 155 Å². The van der Waals surface area contributed by atoms with Gasteiger partial charge >= 0.3 is 0 Å². The molecule has 126 valence electrons. The summed E-state index contributed by atoms with van der Waals surface area (Å²) in [6.07, 6.45) is 0. The van der Waals surface area contributed by atoms with Gasteiger partial charge in [0.15, 0.2) is 0 Å². The fourth-order valence-corrected chi connectivity index (χ4v) is 2.48. The number of carbonyl (C=O) groups excluding carboxylic acids is 1. The van der Waals surface area contributed by atoms with Crippen LogP contribution in [-0.2, 0) is 0 Å². The van der Waals surface area contributed by atoms with Gasteiger partial charge in [-0.3, -0.25) is 4.79 Å². The third-order valence-electron chi connectivity index (χ3n) is 3.29. The van der Waals surface area contributed by atoms with Gasteiger partial charge in [-0.25, -0.2) is 9.97 Å². The molecular formula is C18H14Cl2N4O. The number of amides is 1. The van der Waals surface area contributed by atoms with Crippen molar-refractivity contribution >= 4 is 46.3 Å². The summed E-state index contributed by atoms with van der Waals surface area (Å²) in [5, 5.41) is 6.79. The SMILES string of the molecule is Cc1nc(Nc2ccc(Cl)c(Cl)c2)cc(C(=O)Nc2ccccc2)n1. The van der Waals surface area contributed by atoms with Crippen LogP contribution in [0.4, 0.5) is 17.2 Å². The number of nitrogens with one attached hydrogen (secondary N) is 2. The van der Waals surface area contributed by atoms with E-state index in [9.17, 15) is 4.79 Å². The minimum absolute atomic E-state index is 0.263. The molecule has 0 saturated carbocycles. The van der Waals surface area contributed by atoms with Crippen LogP contribution in [0.15, 0.2) is 54.6 Å². The monoisotopic (exact) mass is 372 g/mol. The lowest BCUT2D eigenvalue weighted by molar-refractivity contribution is 0.102. The van der Waals surface area contributed by atoms with E-state index in [-0.39, 0.29) is 11.6 Å². The van der Waals surface area contributed by atoms with Crippen molar-refractivity contribution in [2.24, 2.45) is 0 Å². The Kier molecular flexibility index (Phi) is 5.16. The Balaban J connectivity index is 1.82. The Morgan fingerprint density at radius 3 is 2.40 bits per heavy atom. The normalized spacial score (nSPS) is 10.4.